The molecular formula is C13H22N2OS. The van der Waals surface area contributed by atoms with Gasteiger partial charge in [0.1, 0.15) is 0 Å². The summed E-state index contributed by atoms with van der Waals surface area (Å²) in [6, 6.07) is 0.603. The molecule has 3 nitrogen and oxygen atoms in total. The second kappa shape index (κ2) is 6.47. The molecule has 0 aliphatic carbocycles. The zero-order valence-corrected chi connectivity index (χ0v) is 11.6. The van der Waals surface area contributed by atoms with Crippen molar-refractivity contribution in [2.75, 3.05) is 19.8 Å². The summed E-state index contributed by atoms with van der Waals surface area (Å²) in [6.45, 7) is 7.16. The predicted octanol–water partition coefficient (Wildman–Crippen LogP) is 2.40. The summed E-state index contributed by atoms with van der Waals surface area (Å²) >= 11 is 1.74. The van der Waals surface area contributed by atoms with E-state index in [0.717, 1.165) is 37.6 Å². The van der Waals surface area contributed by atoms with Crippen molar-refractivity contribution in [1.82, 2.24) is 10.3 Å². The molecule has 1 fully saturated rings. The fourth-order valence-electron chi connectivity index (χ4n) is 2.37. The molecule has 0 spiro atoms. The molecule has 1 aliphatic heterocycles. The first-order valence-electron chi connectivity index (χ1n) is 6.51. The third-order valence-electron chi connectivity index (χ3n) is 3.27. The Kier molecular flexibility index (Phi) is 4.95. The Hall–Kier alpha value is -0.450. The van der Waals surface area contributed by atoms with E-state index in [1.165, 1.54) is 12.1 Å². The summed E-state index contributed by atoms with van der Waals surface area (Å²) in [5, 5.41) is 6.99. The molecule has 0 saturated carbocycles. The quantitative estimate of drug-likeness (QED) is 0.876. The van der Waals surface area contributed by atoms with Crippen LogP contribution < -0.4 is 5.32 Å². The lowest BCUT2D eigenvalue weighted by atomic mass is 9.91. The van der Waals surface area contributed by atoms with Gasteiger partial charge in [-0.3, -0.25) is 0 Å². The van der Waals surface area contributed by atoms with Crippen LogP contribution in [0.2, 0.25) is 0 Å². The minimum atomic E-state index is 0.580. The standard InChI is InChI=1S/C13H22N2OS/c1-3-5-14-13-4-6-16-8-11(13)7-12-9-17-10(2)15-12/h9,11,13-14H,3-8H2,1-2H3. The van der Waals surface area contributed by atoms with E-state index in [1.54, 1.807) is 11.3 Å². The number of nitrogens with one attached hydrogen (secondary N) is 1. The van der Waals surface area contributed by atoms with Gasteiger partial charge in [0.2, 0.25) is 0 Å². The molecule has 0 aromatic carbocycles. The molecule has 1 N–H and O–H groups in total. The lowest BCUT2D eigenvalue weighted by Gasteiger charge is -2.32. The van der Waals surface area contributed by atoms with Crippen LogP contribution in [0.25, 0.3) is 0 Å². The van der Waals surface area contributed by atoms with Crippen LogP contribution in [-0.4, -0.2) is 30.8 Å². The van der Waals surface area contributed by atoms with Gasteiger partial charge in [0.15, 0.2) is 0 Å². The minimum Gasteiger partial charge on any atom is -0.381 e. The Morgan fingerprint density at radius 2 is 2.47 bits per heavy atom. The zero-order valence-electron chi connectivity index (χ0n) is 10.7. The summed E-state index contributed by atoms with van der Waals surface area (Å²) < 4.78 is 5.61. The van der Waals surface area contributed by atoms with Crippen LogP contribution in [0.5, 0.6) is 0 Å². The first kappa shape index (κ1) is 13.0. The van der Waals surface area contributed by atoms with Crippen LogP contribution in [0.3, 0.4) is 0 Å². The topological polar surface area (TPSA) is 34.1 Å². The summed E-state index contributed by atoms with van der Waals surface area (Å²) in [7, 11) is 0. The number of hydrogen-bond acceptors (Lipinski definition) is 4. The highest BCUT2D eigenvalue weighted by atomic mass is 32.1. The van der Waals surface area contributed by atoms with E-state index >= 15 is 0 Å². The molecule has 2 rings (SSSR count). The molecule has 2 unspecified atom stereocenters. The molecule has 0 radical (unpaired) electrons. The second-order valence-corrected chi connectivity index (χ2v) is 5.81. The molecule has 0 amide bonds. The van der Waals surface area contributed by atoms with E-state index in [4.69, 9.17) is 4.74 Å². The lowest BCUT2D eigenvalue weighted by molar-refractivity contribution is 0.0319. The van der Waals surface area contributed by atoms with Gasteiger partial charge in [-0.05, 0) is 32.7 Å². The van der Waals surface area contributed by atoms with Crippen molar-refractivity contribution >= 4 is 11.3 Å². The van der Waals surface area contributed by atoms with Crippen molar-refractivity contribution in [3.8, 4) is 0 Å². The molecular weight excluding hydrogens is 232 g/mol. The highest BCUT2D eigenvalue weighted by Gasteiger charge is 2.25. The SMILES string of the molecule is CCCNC1CCOCC1Cc1csc(C)n1. The van der Waals surface area contributed by atoms with Crippen molar-refractivity contribution in [2.24, 2.45) is 5.92 Å². The zero-order chi connectivity index (χ0) is 12.1. The molecule has 1 aromatic rings. The van der Waals surface area contributed by atoms with Gasteiger partial charge in [0, 0.05) is 23.9 Å². The predicted molar refractivity (Wildman–Crippen MR) is 71.6 cm³/mol. The monoisotopic (exact) mass is 254 g/mol. The van der Waals surface area contributed by atoms with Crippen LogP contribution >= 0.6 is 11.3 Å². The Morgan fingerprint density at radius 3 is 3.18 bits per heavy atom. The number of hydrogen-bond donors (Lipinski definition) is 1. The van der Waals surface area contributed by atoms with E-state index in [2.05, 4.69) is 29.5 Å². The fourth-order valence-corrected chi connectivity index (χ4v) is 2.99. The van der Waals surface area contributed by atoms with Crippen LogP contribution in [0.4, 0.5) is 0 Å². The first-order valence-corrected chi connectivity index (χ1v) is 7.39. The highest BCUT2D eigenvalue weighted by molar-refractivity contribution is 7.09. The van der Waals surface area contributed by atoms with Gasteiger partial charge in [-0.2, -0.15) is 0 Å². The maximum atomic E-state index is 5.61. The molecule has 1 aromatic heterocycles. The van der Waals surface area contributed by atoms with Gasteiger partial charge in [-0.25, -0.2) is 4.98 Å². The molecule has 2 heterocycles. The van der Waals surface area contributed by atoms with E-state index in [-0.39, 0.29) is 0 Å². The van der Waals surface area contributed by atoms with Gasteiger partial charge in [0.25, 0.3) is 0 Å². The normalized spacial score (nSPS) is 25.1. The summed E-state index contributed by atoms with van der Waals surface area (Å²) in [6.07, 6.45) is 3.37. The van der Waals surface area contributed by atoms with E-state index in [1.807, 2.05) is 0 Å². The van der Waals surface area contributed by atoms with E-state index in [0.29, 0.717) is 12.0 Å². The fraction of sp³-hybridized carbons (Fsp3) is 0.769. The van der Waals surface area contributed by atoms with Gasteiger partial charge < -0.3 is 10.1 Å². The van der Waals surface area contributed by atoms with Crippen LogP contribution in [0, 0.1) is 12.8 Å². The van der Waals surface area contributed by atoms with Crippen molar-refractivity contribution in [3.05, 3.63) is 16.1 Å². The molecule has 1 aliphatic rings. The van der Waals surface area contributed by atoms with E-state index < -0.39 is 0 Å². The average Bonchev–Trinajstić information content (AvgIpc) is 2.74. The Bertz CT molecular complexity index is 340. The summed E-state index contributed by atoms with van der Waals surface area (Å²) in [4.78, 5) is 4.55. The lowest BCUT2D eigenvalue weighted by Crippen LogP contribution is -2.44. The minimum absolute atomic E-state index is 0.580. The number of nitrogens with zero attached hydrogens (tertiary/aromatic N) is 1. The number of aryl methyl sites for hydroxylation is 1. The van der Waals surface area contributed by atoms with Crippen LogP contribution in [0.1, 0.15) is 30.5 Å². The maximum Gasteiger partial charge on any atom is 0.0897 e. The largest absolute Gasteiger partial charge is 0.381 e. The number of thiazole rings is 1. The summed E-state index contributed by atoms with van der Waals surface area (Å²) in [5.41, 5.74) is 1.23. The van der Waals surface area contributed by atoms with Crippen molar-refractivity contribution < 1.29 is 4.74 Å². The first-order chi connectivity index (χ1) is 8.29. The molecule has 4 heteroatoms. The average molecular weight is 254 g/mol. The van der Waals surface area contributed by atoms with Gasteiger partial charge in [-0.15, -0.1) is 11.3 Å². The van der Waals surface area contributed by atoms with Crippen LogP contribution in [0.15, 0.2) is 5.38 Å². The summed E-state index contributed by atoms with van der Waals surface area (Å²) in [5.74, 6) is 0.580. The third kappa shape index (κ3) is 3.76. The molecule has 1 saturated heterocycles. The van der Waals surface area contributed by atoms with Crippen molar-refractivity contribution in [1.29, 1.82) is 0 Å². The number of aromatic nitrogens is 1. The molecule has 2 atom stereocenters. The van der Waals surface area contributed by atoms with Gasteiger partial charge in [-0.1, -0.05) is 6.92 Å². The third-order valence-corrected chi connectivity index (χ3v) is 4.09. The van der Waals surface area contributed by atoms with Gasteiger partial charge in [0.05, 0.1) is 17.3 Å². The van der Waals surface area contributed by atoms with Crippen molar-refractivity contribution in [3.63, 3.8) is 0 Å². The van der Waals surface area contributed by atoms with Crippen LogP contribution in [-0.2, 0) is 11.2 Å². The highest BCUT2D eigenvalue weighted by Crippen LogP contribution is 2.20. The van der Waals surface area contributed by atoms with Crippen molar-refractivity contribution in [2.45, 2.75) is 39.2 Å². The van der Waals surface area contributed by atoms with Gasteiger partial charge >= 0.3 is 0 Å². The molecule has 0 bridgehead atoms. The molecule has 17 heavy (non-hydrogen) atoms. The molecule has 96 valence electrons. The Morgan fingerprint density at radius 1 is 1.59 bits per heavy atom. The second-order valence-electron chi connectivity index (χ2n) is 4.75. The maximum absolute atomic E-state index is 5.61. The Balaban J connectivity index is 1.91. The number of rotatable bonds is 5. The Labute approximate surface area is 108 Å². The number of ether oxygens (including phenoxy) is 1. The van der Waals surface area contributed by atoms with E-state index in [9.17, 15) is 0 Å². The smallest absolute Gasteiger partial charge is 0.0897 e.